The summed E-state index contributed by atoms with van der Waals surface area (Å²) in [6.07, 6.45) is 0. The van der Waals surface area contributed by atoms with Gasteiger partial charge in [-0.2, -0.15) is 9.97 Å². The second kappa shape index (κ2) is 10.3. The highest BCUT2D eigenvalue weighted by atomic mass is 16.5. The Kier molecular flexibility index (Phi) is 7.33. The number of carbonyl (C=O) groups is 1. The predicted octanol–water partition coefficient (Wildman–Crippen LogP) is 3.21. The third-order valence-corrected chi connectivity index (χ3v) is 4.89. The van der Waals surface area contributed by atoms with Crippen molar-refractivity contribution in [2.24, 2.45) is 0 Å². The Balaban J connectivity index is 2.12. The second-order valence-electron chi connectivity index (χ2n) is 6.77. The normalized spacial score (nSPS) is 11.5. The van der Waals surface area contributed by atoms with Crippen LogP contribution >= 0.6 is 0 Å². The number of hydrogen-bond acceptors (Lipinski definition) is 8. The van der Waals surface area contributed by atoms with E-state index in [9.17, 15) is 9.90 Å². The molecule has 1 heterocycles. The summed E-state index contributed by atoms with van der Waals surface area (Å²) < 4.78 is 21.1. The maximum Gasteiger partial charge on any atom is 0.327 e. The van der Waals surface area contributed by atoms with E-state index in [0.29, 0.717) is 11.5 Å². The summed E-state index contributed by atoms with van der Waals surface area (Å²) in [5.74, 6) is 0.0391. The summed E-state index contributed by atoms with van der Waals surface area (Å²) in [5, 5.41) is 13.1. The molecule has 0 bridgehead atoms. The number of aliphatic carboxylic acids is 1. The summed E-state index contributed by atoms with van der Waals surface area (Å²) in [5.41, 5.74) is 1.46. The van der Waals surface area contributed by atoms with Gasteiger partial charge in [0.15, 0.2) is 0 Å². The van der Waals surface area contributed by atoms with Gasteiger partial charge in [-0.05, 0) is 35.4 Å². The number of carboxylic acids is 1. The van der Waals surface area contributed by atoms with Gasteiger partial charge in [-0.3, -0.25) is 0 Å². The smallest absolute Gasteiger partial charge is 0.327 e. The molecule has 0 saturated heterocycles. The zero-order valence-electron chi connectivity index (χ0n) is 18.2. The molecule has 9 heteroatoms. The number of nitrogens with one attached hydrogen (secondary N) is 1. The van der Waals surface area contributed by atoms with Gasteiger partial charge in [0.25, 0.3) is 0 Å². The average Bonchev–Trinajstić information content (AvgIpc) is 2.83. The van der Waals surface area contributed by atoms with Gasteiger partial charge in [-0.15, -0.1) is 0 Å². The van der Waals surface area contributed by atoms with Crippen LogP contribution in [0.2, 0.25) is 0 Å². The van der Waals surface area contributed by atoms with Crippen LogP contribution in [0.25, 0.3) is 0 Å². The molecule has 1 unspecified atom stereocenters. The minimum absolute atomic E-state index is 0.0596. The van der Waals surface area contributed by atoms with Gasteiger partial charge in [-0.1, -0.05) is 24.3 Å². The summed E-state index contributed by atoms with van der Waals surface area (Å²) >= 11 is 0. The van der Waals surface area contributed by atoms with E-state index < -0.39 is 17.9 Å². The highest BCUT2D eigenvalue weighted by Crippen LogP contribution is 2.34. The maximum atomic E-state index is 12.5. The van der Waals surface area contributed by atoms with Crippen LogP contribution in [-0.4, -0.2) is 55.5 Å². The Morgan fingerprint density at radius 3 is 1.72 bits per heavy atom. The SMILES string of the molecule is COc1cccc(C(c2cccc(OC)c2)C(Nc2nc(OC)cc(OC)n2)C(=O)O)c1. The standard InChI is InChI=1S/C23H25N3O6/c1-29-16-9-5-7-14(11-16)20(15-8-6-10-17(12-15)30-2)21(22(27)28)26-23-24-18(31-3)13-19(25-23)32-4/h5-13,20-21H,1-4H3,(H,27,28)(H,24,25,26). The molecular formula is C23H25N3O6. The first-order valence-corrected chi connectivity index (χ1v) is 9.73. The zero-order chi connectivity index (χ0) is 23.1. The van der Waals surface area contributed by atoms with E-state index in [2.05, 4.69) is 15.3 Å². The number of benzene rings is 2. The summed E-state index contributed by atoms with van der Waals surface area (Å²) in [6.45, 7) is 0. The predicted molar refractivity (Wildman–Crippen MR) is 118 cm³/mol. The van der Waals surface area contributed by atoms with Crippen LogP contribution < -0.4 is 24.3 Å². The van der Waals surface area contributed by atoms with Crippen LogP contribution in [0.1, 0.15) is 17.0 Å². The molecule has 1 atom stereocenters. The van der Waals surface area contributed by atoms with Crippen LogP contribution in [0, 0.1) is 0 Å². The molecule has 0 radical (unpaired) electrons. The van der Waals surface area contributed by atoms with Crippen LogP contribution in [0.4, 0.5) is 5.95 Å². The molecule has 3 rings (SSSR count). The molecular weight excluding hydrogens is 414 g/mol. The number of methoxy groups -OCH3 is 4. The van der Waals surface area contributed by atoms with Crippen molar-refractivity contribution in [1.29, 1.82) is 0 Å². The van der Waals surface area contributed by atoms with Crippen molar-refractivity contribution in [3.8, 4) is 23.3 Å². The number of anilines is 1. The van der Waals surface area contributed by atoms with Crippen LogP contribution in [0.3, 0.4) is 0 Å². The zero-order valence-corrected chi connectivity index (χ0v) is 18.2. The van der Waals surface area contributed by atoms with E-state index in [1.54, 1.807) is 38.5 Å². The third kappa shape index (κ3) is 5.18. The molecule has 2 aromatic carbocycles. The Hall–Kier alpha value is -4.01. The molecule has 0 aliphatic heterocycles. The van der Waals surface area contributed by atoms with Gasteiger partial charge in [0, 0.05) is 5.92 Å². The van der Waals surface area contributed by atoms with Crippen molar-refractivity contribution >= 4 is 11.9 Å². The summed E-state index contributed by atoms with van der Waals surface area (Å²) in [6, 6.07) is 14.9. The van der Waals surface area contributed by atoms with E-state index in [1.165, 1.54) is 20.3 Å². The van der Waals surface area contributed by atoms with Crippen LogP contribution in [0.5, 0.6) is 23.3 Å². The molecule has 0 saturated carbocycles. The molecule has 0 aliphatic carbocycles. The van der Waals surface area contributed by atoms with E-state index in [4.69, 9.17) is 18.9 Å². The summed E-state index contributed by atoms with van der Waals surface area (Å²) in [4.78, 5) is 20.9. The lowest BCUT2D eigenvalue weighted by molar-refractivity contribution is -0.138. The quantitative estimate of drug-likeness (QED) is 0.492. The van der Waals surface area contributed by atoms with Crippen molar-refractivity contribution in [3.05, 3.63) is 65.7 Å². The Bertz CT molecular complexity index is 1010. The Morgan fingerprint density at radius 2 is 1.31 bits per heavy atom. The topological polar surface area (TPSA) is 112 Å². The number of ether oxygens (including phenoxy) is 4. The number of hydrogen-bond donors (Lipinski definition) is 2. The molecule has 9 nitrogen and oxygen atoms in total. The van der Waals surface area contributed by atoms with Crippen molar-refractivity contribution in [2.75, 3.05) is 33.8 Å². The molecule has 0 spiro atoms. The molecule has 1 aromatic heterocycles. The van der Waals surface area contributed by atoms with Crippen molar-refractivity contribution in [1.82, 2.24) is 9.97 Å². The van der Waals surface area contributed by atoms with Gasteiger partial charge in [0.2, 0.25) is 17.7 Å². The molecule has 0 fully saturated rings. The molecule has 168 valence electrons. The van der Waals surface area contributed by atoms with Crippen LogP contribution in [0.15, 0.2) is 54.6 Å². The fraction of sp³-hybridized carbons (Fsp3) is 0.261. The van der Waals surface area contributed by atoms with E-state index in [1.807, 2.05) is 24.3 Å². The van der Waals surface area contributed by atoms with Gasteiger partial charge in [0.1, 0.15) is 17.5 Å². The highest BCUT2D eigenvalue weighted by molar-refractivity contribution is 5.79. The number of rotatable bonds is 10. The maximum absolute atomic E-state index is 12.5. The fourth-order valence-corrected chi connectivity index (χ4v) is 3.35. The lowest BCUT2D eigenvalue weighted by Gasteiger charge is -2.26. The van der Waals surface area contributed by atoms with E-state index >= 15 is 0 Å². The van der Waals surface area contributed by atoms with Crippen LogP contribution in [-0.2, 0) is 4.79 Å². The molecule has 3 aromatic rings. The van der Waals surface area contributed by atoms with Crippen molar-refractivity contribution in [3.63, 3.8) is 0 Å². The first-order valence-electron chi connectivity index (χ1n) is 9.73. The minimum atomic E-state index is -1.13. The Morgan fingerprint density at radius 1 is 0.812 bits per heavy atom. The molecule has 2 N–H and O–H groups in total. The number of aromatic nitrogens is 2. The molecule has 32 heavy (non-hydrogen) atoms. The largest absolute Gasteiger partial charge is 0.497 e. The lowest BCUT2D eigenvalue weighted by Crippen LogP contribution is -2.37. The van der Waals surface area contributed by atoms with Gasteiger partial charge in [-0.25, -0.2) is 4.79 Å². The van der Waals surface area contributed by atoms with Gasteiger partial charge >= 0.3 is 5.97 Å². The monoisotopic (exact) mass is 439 g/mol. The second-order valence-corrected chi connectivity index (χ2v) is 6.77. The highest BCUT2D eigenvalue weighted by Gasteiger charge is 2.32. The minimum Gasteiger partial charge on any atom is -0.497 e. The number of nitrogens with zero attached hydrogens (tertiary/aromatic N) is 2. The van der Waals surface area contributed by atoms with E-state index in [-0.39, 0.29) is 17.7 Å². The van der Waals surface area contributed by atoms with Crippen molar-refractivity contribution < 1.29 is 28.8 Å². The Labute approximate surface area is 185 Å². The molecule has 0 amide bonds. The van der Waals surface area contributed by atoms with E-state index in [0.717, 1.165) is 11.1 Å². The van der Waals surface area contributed by atoms with Gasteiger partial charge < -0.3 is 29.4 Å². The van der Waals surface area contributed by atoms with Gasteiger partial charge in [0.05, 0.1) is 34.5 Å². The first-order chi connectivity index (χ1) is 15.5. The number of carboxylic acid groups (broad SMARTS) is 1. The van der Waals surface area contributed by atoms with Crippen molar-refractivity contribution in [2.45, 2.75) is 12.0 Å². The average molecular weight is 439 g/mol. The summed E-state index contributed by atoms with van der Waals surface area (Å²) in [7, 11) is 6.02. The molecule has 0 aliphatic rings. The lowest BCUT2D eigenvalue weighted by atomic mass is 9.84. The first kappa shape index (κ1) is 22.7. The third-order valence-electron chi connectivity index (χ3n) is 4.89. The fourth-order valence-electron chi connectivity index (χ4n) is 3.35.